The van der Waals surface area contributed by atoms with Gasteiger partial charge in [0.15, 0.2) is 0 Å². The lowest BCUT2D eigenvalue weighted by molar-refractivity contribution is -0.120. The normalized spacial score (nSPS) is 10.2. The van der Waals surface area contributed by atoms with Crippen LogP contribution >= 0.6 is 22.9 Å². The zero-order chi connectivity index (χ0) is 15.2. The largest absolute Gasteiger partial charge is 0.350 e. The van der Waals surface area contributed by atoms with Crippen LogP contribution < -0.4 is 10.6 Å². The molecule has 21 heavy (non-hydrogen) atoms. The maximum atomic E-state index is 11.8. The molecule has 0 radical (unpaired) electrons. The SMILES string of the molecule is Cc1ncc(CNC(=O)CNC(=O)c2cccc(Cl)c2)s1. The molecule has 0 unspecified atom stereocenters. The number of amides is 2. The van der Waals surface area contributed by atoms with Crippen molar-refractivity contribution in [3.63, 3.8) is 0 Å². The van der Waals surface area contributed by atoms with Gasteiger partial charge in [0.2, 0.25) is 5.91 Å². The van der Waals surface area contributed by atoms with Gasteiger partial charge in [-0.25, -0.2) is 4.98 Å². The minimum atomic E-state index is -0.332. The van der Waals surface area contributed by atoms with Gasteiger partial charge in [0.1, 0.15) is 0 Å². The third-order valence-electron chi connectivity index (χ3n) is 2.63. The van der Waals surface area contributed by atoms with Crippen molar-refractivity contribution < 1.29 is 9.59 Å². The molecule has 0 saturated heterocycles. The Balaban J connectivity index is 1.77. The average Bonchev–Trinajstić information content (AvgIpc) is 2.88. The molecular weight excluding hydrogens is 310 g/mol. The quantitative estimate of drug-likeness (QED) is 0.885. The highest BCUT2D eigenvalue weighted by Crippen LogP contribution is 2.11. The van der Waals surface area contributed by atoms with E-state index >= 15 is 0 Å². The summed E-state index contributed by atoms with van der Waals surface area (Å²) in [7, 11) is 0. The van der Waals surface area contributed by atoms with Crippen LogP contribution in [0.1, 0.15) is 20.2 Å². The van der Waals surface area contributed by atoms with E-state index in [2.05, 4.69) is 15.6 Å². The van der Waals surface area contributed by atoms with E-state index in [0.29, 0.717) is 17.1 Å². The highest BCUT2D eigenvalue weighted by Gasteiger charge is 2.08. The molecule has 0 spiro atoms. The molecule has 0 aliphatic heterocycles. The van der Waals surface area contributed by atoms with Crippen molar-refractivity contribution in [2.24, 2.45) is 0 Å². The van der Waals surface area contributed by atoms with Gasteiger partial charge in [-0.3, -0.25) is 9.59 Å². The maximum absolute atomic E-state index is 11.8. The second-order valence-electron chi connectivity index (χ2n) is 4.32. The minimum Gasteiger partial charge on any atom is -0.350 e. The van der Waals surface area contributed by atoms with Crippen molar-refractivity contribution in [3.8, 4) is 0 Å². The van der Waals surface area contributed by atoms with Crippen LogP contribution in [0.4, 0.5) is 0 Å². The second-order valence-corrected chi connectivity index (χ2v) is 6.07. The number of aromatic nitrogens is 1. The van der Waals surface area contributed by atoms with Crippen molar-refractivity contribution in [2.45, 2.75) is 13.5 Å². The number of aryl methyl sites for hydroxylation is 1. The molecule has 2 rings (SSSR count). The third kappa shape index (κ3) is 4.84. The van der Waals surface area contributed by atoms with Crippen LogP contribution in [-0.2, 0) is 11.3 Å². The van der Waals surface area contributed by atoms with Crippen molar-refractivity contribution >= 4 is 34.8 Å². The van der Waals surface area contributed by atoms with Crippen molar-refractivity contribution in [2.75, 3.05) is 6.54 Å². The zero-order valence-corrected chi connectivity index (χ0v) is 12.9. The van der Waals surface area contributed by atoms with E-state index in [1.807, 2.05) is 6.92 Å². The summed E-state index contributed by atoms with van der Waals surface area (Å²) in [4.78, 5) is 28.6. The molecule has 0 aliphatic rings. The van der Waals surface area contributed by atoms with E-state index in [-0.39, 0.29) is 18.4 Å². The summed E-state index contributed by atoms with van der Waals surface area (Å²) in [6, 6.07) is 6.56. The van der Waals surface area contributed by atoms with Crippen molar-refractivity contribution in [3.05, 3.63) is 50.9 Å². The summed E-state index contributed by atoms with van der Waals surface area (Å²) in [6.45, 7) is 2.24. The Morgan fingerprint density at radius 2 is 2.14 bits per heavy atom. The molecule has 110 valence electrons. The van der Waals surface area contributed by atoms with Gasteiger partial charge in [-0.05, 0) is 25.1 Å². The minimum absolute atomic E-state index is 0.0802. The molecule has 0 aliphatic carbocycles. The van der Waals surface area contributed by atoms with Crippen molar-refractivity contribution in [1.82, 2.24) is 15.6 Å². The molecule has 1 aromatic carbocycles. The molecule has 2 amide bonds. The molecule has 0 atom stereocenters. The van der Waals surface area contributed by atoms with E-state index in [1.165, 1.54) is 11.3 Å². The number of hydrogen-bond acceptors (Lipinski definition) is 4. The van der Waals surface area contributed by atoms with Crippen LogP contribution in [0.5, 0.6) is 0 Å². The topological polar surface area (TPSA) is 71.1 Å². The lowest BCUT2D eigenvalue weighted by Crippen LogP contribution is -2.36. The summed E-state index contributed by atoms with van der Waals surface area (Å²) in [5.74, 6) is -0.585. The van der Waals surface area contributed by atoms with Crippen LogP contribution in [0.2, 0.25) is 5.02 Å². The predicted molar refractivity (Wildman–Crippen MR) is 82.5 cm³/mol. The van der Waals surface area contributed by atoms with Crippen LogP contribution in [0.25, 0.3) is 0 Å². The van der Waals surface area contributed by atoms with Crippen molar-refractivity contribution in [1.29, 1.82) is 0 Å². The fraction of sp³-hybridized carbons (Fsp3) is 0.214. The monoisotopic (exact) mass is 323 g/mol. The number of hydrogen-bond donors (Lipinski definition) is 2. The van der Waals surface area contributed by atoms with E-state index < -0.39 is 0 Å². The molecule has 2 aromatic rings. The van der Waals surface area contributed by atoms with E-state index in [1.54, 1.807) is 30.5 Å². The van der Waals surface area contributed by atoms with Gasteiger partial charge in [0.05, 0.1) is 18.1 Å². The zero-order valence-electron chi connectivity index (χ0n) is 11.4. The molecular formula is C14H14ClN3O2S. The Morgan fingerprint density at radius 1 is 1.33 bits per heavy atom. The first kappa shape index (κ1) is 15.5. The number of nitrogens with one attached hydrogen (secondary N) is 2. The van der Waals surface area contributed by atoms with Gasteiger partial charge in [0, 0.05) is 21.7 Å². The van der Waals surface area contributed by atoms with Gasteiger partial charge < -0.3 is 10.6 Å². The second kappa shape index (κ2) is 7.19. The van der Waals surface area contributed by atoms with E-state index in [9.17, 15) is 9.59 Å². The highest BCUT2D eigenvalue weighted by atomic mass is 35.5. The van der Waals surface area contributed by atoms with Crippen LogP contribution in [0, 0.1) is 6.92 Å². The molecule has 0 saturated carbocycles. The lowest BCUT2D eigenvalue weighted by atomic mass is 10.2. The Hall–Kier alpha value is -1.92. The van der Waals surface area contributed by atoms with E-state index in [4.69, 9.17) is 11.6 Å². The molecule has 0 fully saturated rings. The summed E-state index contributed by atoms with van der Waals surface area (Å²) < 4.78 is 0. The van der Waals surface area contributed by atoms with Gasteiger partial charge in [-0.1, -0.05) is 17.7 Å². The number of rotatable bonds is 5. The number of carbonyl (C=O) groups is 2. The van der Waals surface area contributed by atoms with Crippen LogP contribution in [-0.4, -0.2) is 23.3 Å². The molecule has 2 N–H and O–H groups in total. The number of nitrogens with zero attached hydrogens (tertiary/aromatic N) is 1. The Kier molecular flexibility index (Phi) is 5.30. The number of benzene rings is 1. The molecule has 1 heterocycles. The Morgan fingerprint density at radius 3 is 2.81 bits per heavy atom. The average molecular weight is 324 g/mol. The van der Waals surface area contributed by atoms with Crippen LogP contribution in [0.15, 0.2) is 30.5 Å². The lowest BCUT2D eigenvalue weighted by Gasteiger charge is -2.06. The first-order valence-electron chi connectivity index (χ1n) is 6.26. The van der Waals surface area contributed by atoms with Gasteiger partial charge in [0.25, 0.3) is 5.91 Å². The number of carbonyl (C=O) groups excluding carboxylic acids is 2. The predicted octanol–water partition coefficient (Wildman–Crippen LogP) is 2.15. The molecule has 1 aromatic heterocycles. The Labute approximate surface area is 131 Å². The molecule has 5 nitrogen and oxygen atoms in total. The van der Waals surface area contributed by atoms with Gasteiger partial charge in [-0.2, -0.15) is 0 Å². The first-order valence-corrected chi connectivity index (χ1v) is 7.46. The van der Waals surface area contributed by atoms with Crippen LogP contribution in [0.3, 0.4) is 0 Å². The third-order valence-corrected chi connectivity index (χ3v) is 3.77. The smallest absolute Gasteiger partial charge is 0.251 e. The fourth-order valence-corrected chi connectivity index (χ4v) is 2.55. The molecule has 0 bridgehead atoms. The first-order chi connectivity index (χ1) is 10.0. The highest BCUT2D eigenvalue weighted by molar-refractivity contribution is 7.11. The summed E-state index contributed by atoms with van der Waals surface area (Å²) in [5, 5.41) is 6.70. The number of thiazole rings is 1. The van der Waals surface area contributed by atoms with Gasteiger partial charge >= 0.3 is 0 Å². The standard InChI is InChI=1S/C14H14ClN3O2S/c1-9-16-6-12(21-9)7-17-13(19)8-18-14(20)10-3-2-4-11(15)5-10/h2-6H,7-8H2,1H3,(H,17,19)(H,18,20). The summed E-state index contributed by atoms with van der Waals surface area (Å²) in [6.07, 6.45) is 1.73. The van der Waals surface area contributed by atoms with Gasteiger partial charge in [-0.15, -0.1) is 11.3 Å². The molecule has 7 heteroatoms. The fourth-order valence-electron chi connectivity index (χ4n) is 1.63. The maximum Gasteiger partial charge on any atom is 0.251 e. The summed E-state index contributed by atoms with van der Waals surface area (Å²) >= 11 is 7.33. The van der Waals surface area contributed by atoms with E-state index in [0.717, 1.165) is 9.88 Å². The number of halogens is 1. The Bertz CT molecular complexity index is 657. The summed E-state index contributed by atoms with van der Waals surface area (Å²) in [5.41, 5.74) is 0.424.